The third-order valence-electron chi connectivity index (χ3n) is 2.19. The van der Waals surface area contributed by atoms with E-state index >= 15 is 0 Å². The summed E-state index contributed by atoms with van der Waals surface area (Å²) in [5.41, 5.74) is 4.95. The first-order chi connectivity index (χ1) is 9.02. The van der Waals surface area contributed by atoms with Crippen molar-refractivity contribution >= 4 is 40.4 Å². The lowest BCUT2D eigenvalue weighted by Crippen LogP contribution is -2.41. The number of carbonyl (C=O) groups excluding carboxylic acids is 3. The molecule has 0 radical (unpaired) electrons. The van der Waals surface area contributed by atoms with Crippen LogP contribution in [0, 0.1) is 3.57 Å². The Hall–Kier alpha value is -1.64. The fraction of sp³-hybridized carbons (Fsp3) is 0.250. The minimum absolute atomic E-state index is 0.0263. The molecule has 0 fully saturated rings. The molecule has 102 valence electrons. The molecule has 2 N–H and O–H groups in total. The highest BCUT2D eigenvalue weighted by Crippen LogP contribution is 2.07. The van der Waals surface area contributed by atoms with Crippen molar-refractivity contribution < 1.29 is 19.1 Å². The number of benzene rings is 1. The quantitative estimate of drug-likeness (QED) is 0.467. The Bertz CT molecular complexity index is 490. The second kappa shape index (κ2) is 7.72. The number of esters is 1. The van der Waals surface area contributed by atoms with Crippen LogP contribution in [0.5, 0.6) is 0 Å². The Morgan fingerprint density at radius 3 is 2.58 bits per heavy atom. The molecule has 1 aromatic rings. The Kier molecular flexibility index (Phi) is 6.26. The van der Waals surface area contributed by atoms with Gasteiger partial charge in [-0.15, -0.1) is 0 Å². The summed E-state index contributed by atoms with van der Waals surface area (Å²) in [5, 5.41) is 0. The van der Waals surface area contributed by atoms with Crippen molar-refractivity contribution in [2.45, 2.75) is 12.8 Å². The van der Waals surface area contributed by atoms with Gasteiger partial charge in [0, 0.05) is 15.6 Å². The maximum absolute atomic E-state index is 11.7. The van der Waals surface area contributed by atoms with E-state index in [0.717, 1.165) is 3.57 Å². The zero-order valence-corrected chi connectivity index (χ0v) is 12.4. The summed E-state index contributed by atoms with van der Waals surface area (Å²) in [6.45, 7) is 0. The predicted octanol–water partition coefficient (Wildman–Crippen LogP) is 1.01. The molecule has 1 aromatic carbocycles. The van der Waals surface area contributed by atoms with Crippen LogP contribution in [-0.2, 0) is 14.3 Å². The van der Waals surface area contributed by atoms with E-state index in [1.807, 2.05) is 6.07 Å². The third-order valence-corrected chi connectivity index (χ3v) is 2.86. The number of nitrogens with one attached hydrogen (secondary N) is 2. The highest BCUT2D eigenvalue weighted by Gasteiger charge is 2.09. The largest absolute Gasteiger partial charge is 0.469 e. The van der Waals surface area contributed by atoms with E-state index in [4.69, 9.17) is 0 Å². The summed E-state index contributed by atoms with van der Waals surface area (Å²) in [6.07, 6.45) is -0.0687. The molecule has 0 aliphatic heterocycles. The van der Waals surface area contributed by atoms with Gasteiger partial charge in [-0.25, -0.2) is 0 Å². The molecule has 2 amide bonds. The Morgan fingerprint density at radius 2 is 1.95 bits per heavy atom. The van der Waals surface area contributed by atoms with Crippen LogP contribution in [0.2, 0.25) is 0 Å². The molecular weight excluding hydrogens is 363 g/mol. The highest BCUT2D eigenvalue weighted by atomic mass is 127. The summed E-state index contributed by atoms with van der Waals surface area (Å²) >= 11 is 2.09. The Labute approximate surface area is 124 Å². The van der Waals surface area contributed by atoms with Gasteiger partial charge >= 0.3 is 5.97 Å². The first-order valence-corrected chi connectivity index (χ1v) is 6.52. The Balaban J connectivity index is 2.38. The second-order valence-corrected chi connectivity index (χ2v) is 4.83. The minimum atomic E-state index is -0.473. The van der Waals surface area contributed by atoms with Gasteiger partial charge in [0.05, 0.1) is 13.5 Å². The minimum Gasteiger partial charge on any atom is -0.469 e. The second-order valence-electron chi connectivity index (χ2n) is 3.59. The monoisotopic (exact) mass is 376 g/mol. The van der Waals surface area contributed by atoms with Gasteiger partial charge in [-0.05, 0) is 40.8 Å². The van der Waals surface area contributed by atoms with Crippen LogP contribution in [0.4, 0.5) is 0 Å². The summed E-state index contributed by atoms with van der Waals surface area (Å²) in [5.74, 6) is -1.34. The molecule has 0 spiro atoms. The van der Waals surface area contributed by atoms with Crippen molar-refractivity contribution in [2.24, 2.45) is 0 Å². The molecule has 0 saturated heterocycles. The number of methoxy groups -OCH3 is 1. The average molecular weight is 376 g/mol. The standard InChI is InChI=1S/C12H13IN2O4/c1-19-11(17)6-5-10(16)14-15-12(18)8-3-2-4-9(13)7-8/h2-4,7H,5-6H2,1H3,(H,14,16)(H,15,18). The smallest absolute Gasteiger partial charge is 0.306 e. The molecule has 0 unspecified atom stereocenters. The molecule has 0 aliphatic rings. The van der Waals surface area contributed by atoms with Gasteiger partial charge in [-0.2, -0.15) is 0 Å². The molecular formula is C12H13IN2O4. The van der Waals surface area contributed by atoms with Gasteiger partial charge in [0.2, 0.25) is 5.91 Å². The zero-order chi connectivity index (χ0) is 14.3. The fourth-order valence-electron chi connectivity index (χ4n) is 1.21. The third kappa shape index (κ3) is 5.69. The van der Waals surface area contributed by atoms with Crippen molar-refractivity contribution in [1.82, 2.24) is 10.9 Å². The molecule has 6 nitrogen and oxygen atoms in total. The normalized spacial score (nSPS) is 9.58. The van der Waals surface area contributed by atoms with E-state index in [1.54, 1.807) is 18.2 Å². The maximum atomic E-state index is 11.7. The van der Waals surface area contributed by atoms with Gasteiger partial charge in [0.1, 0.15) is 0 Å². The molecule has 0 saturated carbocycles. The van der Waals surface area contributed by atoms with Gasteiger partial charge in [-0.1, -0.05) is 6.07 Å². The van der Waals surface area contributed by atoms with Crippen molar-refractivity contribution in [1.29, 1.82) is 0 Å². The fourth-order valence-corrected chi connectivity index (χ4v) is 1.75. The van der Waals surface area contributed by atoms with E-state index < -0.39 is 17.8 Å². The van der Waals surface area contributed by atoms with Crippen LogP contribution in [0.3, 0.4) is 0 Å². The van der Waals surface area contributed by atoms with Crippen molar-refractivity contribution in [3.63, 3.8) is 0 Å². The van der Waals surface area contributed by atoms with E-state index in [1.165, 1.54) is 7.11 Å². The number of rotatable bonds is 4. The number of hydrazine groups is 1. The summed E-state index contributed by atoms with van der Waals surface area (Å²) in [7, 11) is 1.25. The van der Waals surface area contributed by atoms with Gasteiger partial charge < -0.3 is 4.74 Å². The van der Waals surface area contributed by atoms with Crippen LogP contribution in [0.1, 0.15) is 23.2 Å². The molecule has 19 heavy (non-hydrogen) atoms. The van der Waals surface area contributed by atoms with Crippen LogP contribution in [0.25, 0.3) is 0 Å². The lowest BCUT2D eigenvalue weighted by molar-refractivity contribution is -0.142. The Morgan fingerprint density at radius 1 is 1.21 bits per heavy atom. The van der Waals surface area contributed by atoms with E-state index in [0.29, 0.717) is 5.56 Å². The number of hydrogen-bond donors (Lipinski definition) is 2. The summed E-state index contributed by atoms with van der Waals surface area (Å²) in [4.78, 5) is 33.8. The van der Waals surface area contributed by atoms with Crippen molar-refractivity contribution in [3.8, 4) is 0 Å². The van der Waals surface area contributed by atoms with Gasteiger partial charge in [0.15, 0.2) is 0 Å². The average Bonchev–Trinajstić information content (AvgIpc) is 2.41. The number of hydrogen-bond acceptors (Lipinski definition) is 4. The first-order valence-electron chi connectivity index (χ1n) is 5.44. The molecule has 0 aliphatic carbocycles. The van der Waals surface area contributed by atoms with Crippen molar-refractivity contribution in [3.05, 3.63) is 33.4 Å². The van der Waals surface area contributed by atoms with E-state index in [-0.39, 0.29) is 12.8 Å². The first kappa shape index (κ1) is 15.4. The van der Waals surface area contributed by atoms with Crippen LogP contribution >= 0.6 is 22.6 Å². The van der Waals surface area contributed by atoms with Crippen LogP contribution < -0.4 is 10.9 Å². The van der Waals surface area contributed by atoms with E-state index in [2.05, 4.69) is 38.2 Å². The van der Waals surface area contributed by atoms with E-state index in [9.17, 15) is 14.4 Å². The molecule has 0 atom stereocenters. The van der Waals surface area contributed by atoms with Gasteiger partial charge in [0.25, 0.3) is 5.91 Å². The lowest BCUT2D eigenvalue weighted by Gasteiger charge is -2.07. The molecule has 0 aromatic heterocycles. The number of halogens is 1. The maximum Gasteiger partial charge on any atom is 0.306 e. The highest BCUT2D eigenvalue weighted by molar-refractivity contribution is 14.1. The van der Waals surface area contributed by atoms with Crippen LogP contribution in [0.15, 0.2) is 24.3 Å². The number of carbonyl (C=O) groups is 3. The summed E-state index contributed by atoms with van der Waals surface area (Å²) < 4.78 is 5.32. The molecule has 0 bridgehead atoms. The molecule has 7 heteroatoms. The zero-order valence-electron chi connectivity index (χ0n) is 10.2. The topological polar surface area (TPSA) is 84.5 Å². The molecule has 0 heterocycles. The van der Waals surface area contributed by atoms with Crippen LogP contribution in [-0.4, -0.2) is 24.9 Å². The summed E-state index contributed by atoms with van der Waals surface area (Å²) in [6, 6.07) is 6.93. The lowest BCUT2D eigenvalue weighted by atomic mass is 10.2. The van der Waals surface area contributed by atoms with Gasteiger partial charge in [-0.3, -0.25) is 25.2 Å². The molecule has 1 rings (SSSR count). The number of ether oxygens (including phenoxy) is 1. The predicted molar refractivity (Wildman–Crippen MR) is 76.0 cm³/mol. The van der Waals surface area contributed by atoms with Crippen molar-refractivity contribution in [2.75, 3.05) is 7.11 Å². The SMILES string of the molecule is COC(=O)CCC(=O)NNC(=O)c1cccc(I)c1. The number of amides is 2.